The average molecular weight is 482 g/mol. The Morgan fingerprint density at radius 1 is 1.33 bits per heavy atom. The Hall–Kier alpha value is -2.29. The van der Waals surface area contributed by atoms with E-state index in [0.29, 0.717) is 5.65 Å². The molecule has 2 aromatic heterocycles. The number of nitrogens with one attached hydrogen (secondary N) is 2. The number of amides is 1. The Kier molecular flexibility index (Phi) is 8.26. The van der Waals surface area contributed by atoms with Gasteiger partial charge in [0.15, 0.2) is 11.6 Å². The summed E-state index contributed by atoms with van der Waals surface area (Å²) in [5.74, 6) is -1.32. The lowest BCUT2D eigenvalue weighted by molar-refractivity contribution is 0.0954. The van der Waals surface area contributed by atoms with E-state index >= 15 is 0 Å². The number of nitrogens with zero attached hydrogens (tertiary/aromatic N) is 2. The van der Waals surface area contributed by atoms with Gasteiger partial charge in [-0.3, -0.25) is 14.2 Å². The maximum Gasteiger partial charge on any atom is 0.327 e. The summed E-state index contributed by atoms with van der Waals surface area (Å²) in [6, 6.07) is 1.14. The van der Waals surface area contributed by atoms with Crippen LogP contribution in [0.4, 0.5) is 10.2 Å². The van der Waals surface area contributed by atoms with Crippen molar-refractivity contribution in [1.82, 2.24) is 14.9 Å². The van der Waals surface area contributed by atoms with Crippen LogP contribution in [0.5, 0.6) is 0 Å². The highest BCUT2D eigenvalue weighted by Gasteiger charge is 2.23. The fraction of sp³-hybridized carbons (Fsp3) is 0.591. The maximum atomic E-state index is 14.9. The molecule has 2 heterocycles. The van der Waals surface area contributed by atoms with Crippen LogP contribution < -0.4 is 16.1 Å². The van der Waals surface area contributed by atoms with E-state index in [4.69, 9.17) is 9.79 Å². The molecule has 1 fully saturated rings. The van der Waals surface area contributed by atoms with Crippen molar-refractivity contribution < 1.29 is 23.5 Å². The zero-order valence-electron chi connectivity index (χ0n) is 19.0. The SMILES string of the molecule is CCCC(C)n1cc(C(=O)NCCP(=O)(O)O)c(=O)c2cc(F)c(NC3CCCCC3)nc21. The molecule has 3 rings (SSSR count). The van der Waals surface area contributed by atoms with Crippen LogP contribution in [0, 0.1) is 5.82 Å². The second-order valence-corrected chi connectivity index (χ2v) is 10.5. The Bertz CT molecular complexity index is 1110. The molecule has 1 unspecified atom stereocenters. The molecule has 1 aliphatic carbocycles. The number of fused-ring (bicyclic) bond motifs is 1. The standard InChI is InChI=1S/C22H32FN4O5P/c1-3-7-14(2)27-13-17(22(29)24-10-11-33(30,31)32)19(28)16-12-18(23)20(26-21(16)27)25-15-8-5-4-6-9-15/h12-15H,3-11H2,1-2H3,(H,24,29)(H,25,26)(H2,30,31,32). The van der Waals surface area contributed by atoms with Crippen molar-refractivity contribution in [3.05, 3.63) is 33.9 Å². The van der Waals surface area contributed by atoms with Crippen LogP contribution in [0.1, 0.15) is 75.2 Å². The molecule has 0 bridgehead atoms. The van der Waals surface area contributed by atoms with Crippen molar-refractivity contribution in [2.24, 2.45) is 0 Å². The molecular formula is C22H32FN4O5P. The van der Waals surface area contributed by atoms with E-state index in [0.717, 1.165) is 44.6 Å². The monoisotopic (exact) mass is 482 g/mol. The zero-order valence-corrected chi connectivity index (χ0v) is 19.9. The summed E-state index contributed by atoms with van der Waals surface area (Å²) in [5.41, 5.74) is -0.591. The number of aromatic nitrogens is 2. The molecule has 4 N–H and O–H groups in total. The minimum absolute atomic E-state index is 0.00714. The van der Waals surface area contributed by atoms with Gasteiger partial charge in [0.25, 0.3) is 5.91 Å². The summed E-state index contributed by atoms with van der Waals surface area (Å²) in [6.45, 7) is 3.66. The molecule has 1 atom stereocenters. The molecule has 0 aromatic carbocycles. The highest BCUT2D eigenvalue weighted by molar-refractivity contribution is 7.51. The number of hydrogen-bond donors (Lipinski definition) is 4. The van der Waals surface area contributed by atoms with Crippen LogP contribution in [0.3, 0.4) is 0 Å². The molecule has 33 heavy (non-hydrogen) atoms. The third-order valence-electron chi connectivity index (χ3n) is 6.02. The highest BCUT2D eigenvalue weighted by atomic mass is 31.2. The van der Waals surface area contributed by atoms with Gasteiger partial charge in [0, 0.05) is 24.8 Å². The van der Waals surface area contributed by atoms with Gasteiger partial charge in [-0.15, -0.1) is 0 Å². The summed E-state index contributed by atoms with van der Waals surface area (Å²) in [6.07, 6.45) is 7.66. The van der Waals surface area contributed by atoms with Crippen LogP contribution in [0.2, 0.25) is 0 Å². The number of rotatable bonds is 9. The number of carbonyl (C=O) groups is 1. The second-order valence-electron chi connectivity index (χ2n) is 8.73. The van der Waals surface area contributed by atoms with Crippen LogP contribution in [-0.2, 0) is 4.57 Å². The molecule has 0 aliphatic heterocycles. The molecule has 11 heteroatoms. The fourth-order valence-corrected chi connectivity index (χ4v) is 4.66. The largest absolute Gasteiger partial charge is 0.365 e. The van der Waals surface area contributed by atoms with Crippen LogP contribution in [0.15, 0.2) is 17.1 Å². The van der Waals surface area contributed by atoms with Gasteiger partial charge in [0.05, 0.1) is 11.5 Å². The van der Waals surface area contributed by atoms with Crippen molar-refractivity contribution in [2.75, 3.05) is 18.0 Å². The first-order valence-electron chi connectivity index (χ1n) is 11.5. The topological polar surface area (TPSA) is 134 Å². The van der Waals surface area contributed by atoms with Gasteiger partial charge in [0.2, 0.25) is 5.43 Å². The molecule has 1 amide bonds. The normalized spacial score (nSPS) is 16.0. The van der Waals surface area contributed by atoms with Crippen molar-refractivity contribution >= 4 is 30.4 Å². The van der Waals surface area contributed by atoms with Gasteiger partial charge in [-0.2, -0.15) is 0 Å². The first-order valence-corrected chi connectivity index (χ1v) is 13.2. The van der Waals surface area contributed by atoms with Crippen molar-refractivity contribution in [1.29, 1.82) is 0 Å². The Labute approximate surface area is 192 Å². The lowest BCUT2D eigenvalue weighted by Crippen LogP contribution is -2.32. The molecule has 0 saturated heterocycles. The van der Waals surface area contributed by atoms with E-state index in [-0.39, 0.29) is 35.4 Å². The summed E-state index contributed by atoms with van der Waals surface area (Å²) >= 11 is 0. The van der Waals surface area contributed by atoms with Crippen molar-refractivity contribution in [3.63, 3.8) is 0 Å². The lowest BCUT2D eigenvalue weighted by atomic mass is 9.95. The average Bonchev–Trinajstić information content (AvgIpc) is 2.75. The Morgan fingerprint density at radius 3 is 2.67 bits per heavy atom. The quantitative estimate of drug-likeness (QED) is 0.402. The minimum Gasteiger partial charge on any atom is -0.365 e. The summed E-state index contributed by atoms with van der Waals surface area (Å²) in [7, 11) is -4.29. The van der Waals surface area contributed by atoms with E-state index in [9.17, 15) is 18.5 Å². The van der Waals surface area contributed by atoms with Gasteiger partial charge >= 0.3 is 7.60 Å². The van der Waals surface area contributed by atoms with Gasteiger partial charge in [0.1, 0.15) is 11.2 Å². The van der Waals surface area contributed by atoms with Gasteiger partial charge in [-0.25, -0.2) is 9.37 Å². The number of anilines is 1. The highest BCUT2D eigenvalue weighted by Crippen LogP contribution is 2.33. The van der Waals surface area contributed by atoms with Crippen LogP contribution >= 0.6 is 7.60 Å². The van der Waals surface area contributed by atoms with Gasteiger partial charge in [-0.1, -0.05) is 32.6 Å². The second kappa shape index (κ2) is 10.8. The Balaban J connectivity index is 2.02. The van der Waals surface area contributed by atoms with E-state index in [1.807, 2.05) is 13.8 Å². The molecule has 1 saturated carbocycles. The molecule has 182 valence electrons. The Morgan fingerprint density at radius 2 is 2.03 bits per heavy atom. The summed E-state index contributed by atoms with van der Waals surface area (Å²) < 4.78 is 27.7. The molecule has 2 aromatic rings. The number of hydrogen-bond acceptors (Lipinski definition) is 5. The van der Waals surface area contributed by atoms with E-state index in [1.54, 1.807) is 4.57 Å². The summed E-state index contributed by atoms with van der Waals surface area (Å²) in [4.78, 5) is 48.1. The molecule has 0 spiro atoms. The lowest BCUT2D eigenvalue weighted by Gasteiger charge is -2.24. The molecule has 0 radical (unpaired) electrons. The van der Waals surface area contributed by atoms with Gasteiger partial charge < -0.3 is 25.0 Å². The number of carbonyl (C=O) groups excluding carboxylic acids is 1. The number of halogens is 1. The zero-order chi connectivity index (χ0) is 24.2. The first kappa shape index (κ1) is 25.3. The van der Waals surface area contributed by atoms with Crippen LogP contribution in [-0.4, -0.2) is 44.0 Å². The molecular weight excluding hydrogens is 450 g/mol. The van der Waals surface area contributed by atoms with Crippen molar-refractivity contribution in [2.45, 2.75) is 70.9 Å². The van der Waals surface area contributed by atoms with Crippen LogP contribution in [0.25, 0.3) is 11.0 Å². The third kappa shape index (κ3) is 6.40. The summed E-state index contributed by atoms with van der Waals surface area (Å²) in [5, 5.41) is 5.54. The predicted molar refractivity (Wildman–Crippen MR) is 125 cm³/mol. The molecule has 9 nitrogen and oxygen atoms in total. The number of pyridine rings is 2. The minimum atomic E-state index is -4.29. The van der Waals surface area contributed by atoms with Crippen molar-refractivity contribution in [3.8, 4) is 0 Å². The van der Waals surface area contributed by atoms with E-state index < -0.39 is 30.9 Å². The third-order valence-corrected chi connectivity index (χ3v) is 6.82. The smallest absolute Gasteiger partial charge is 0.327 e. The van der Waals surface area contributed by atoms with E-state index in [2.05, 4.69) is 15.6 Å². The fourth-order valence-electron chi connectivity index (χ4n) is 4.25. The predicted octanol–water partition coefficient (Wildman–Crippen LogP) is 3.55. The van der Waals surface area contributed by atoms with E-state index in [1.165, 1.54) is 12.6 Å². The molecule has 1 aliphatic rings. The van der Waals surface area contributed by atoms with Gasteiger partial charge in [-0.05, 0) is 32.3 Å². The first-order chi connectivity index (χ1) is 15.6. The maximum absolute atomic E-state index is 14.9.